The van der Waals surface area contributed by atoms with Gasteiger partial charge in [-0.25, -0.2) is 0 Å². The van der Waals surface area contributed by atoms with E-state index in [2.05, 4.69) is 24.3 Å². The maximum Gasteiger partial charge on any atom is 0.203 e. The molecule has 0 saturated heterocycles. The first-order chi connectivity index (χ1) is 14.6. The summed E-state index contributed by atoms with van der Waals surface area (Å²) in [5, 5.41) is 0. The van der Waals surface area contributed by atoms with Crippen molar-refractivity contribution in [2.24, 2.45) is 22.7 Å². The first-order valence-electron chi connectivity index (χ1n) is 11.1. The molecule has 0 heterocycles. The Bertz CT molecular complexity index is 912. The van der Waals surface area contributed by atoms with E-state index < -0.39 is 0 Å². The summed E-state index contributed by atoms with van der Waals surface area (Å²) >= 11 is 0. The molecule has 0 aromatic heterocycles. The van der Waals surface area contributed by atoms with Gasteiger partial charge in [-0.1, -0.05) is 12.1 Å². The molecule has 6 rings (SSSR count). The van der Waals surface area contributed by atoms with Gasteiger partial charge in [0.2, 0.25) is 5.75 Å². The van der Waals surface area contributed by atoms with Gasteiger partial charge in [0, 0.05) is 11.8 Å². The molecular formula is C26H31NO3. The van der Waals surface area contributed by atoms with Crippen LogP contribution in [0.5, 0.6) is 17.2 Å². The quantitative estimate of drug-likeness (QED) is 0.559. The molecule has 4 heteroatoms. The smallest absolute Gasteiger partial charge is 0.203 e. The lowest BCUT2D eigenvalue weighted by atomic mass is 9.48. The van der Waals surface area contributed by atoms with Gasteiger partial charge in [-0.05, 0) is 91.5 Å². The van der Waals surface area contributed by atoms with Gasteiger partial charge < -0.3 is 14.2 Å². The molecule has 158 valence electrons. The standard InChI is InChI=1S/C26H31NO3/c1-28-23-9-4-20(24(29-2)25(23)30-3)16-27-22-7-5-21(6-8-22)26-13-17-10-18(14-26)12-19(11-17)15-26/h4-9,16-19H,10-15H2,1-3H3. The van der Waals surface area contributed by atoms with E-state index in [9.17, 15) is 0 Å². The van der Waals surface area contributed by atoms with E-state index in [0.29, 0.717) is 22.7 Å². The van der Waals surface area contributed by atoms with E-state index >= 15 is 0 Å². The van der Waals surface area contributed by atoms with Crippen molar-refractivity contribution in [2.75, 3.05) is 21.3 Å². The molecule has 30 heavy (non-hydrogen) atoms. The average Bonchev–Trinajstić information content (AvgIpc) is 2.76. The van der Waals surface area contributed by atoms with Crippen LogP contribution in [0.15, 0.2) is 41.4 Å². The van der Waals surface area contributed by atoms with E-state index in [4.69, 9.17) is 19.2 Å². The molecule has 0 amide bonds. The number of aliphatic imine (C=N–C) groups is 1. The van der Waals surface area contributed by atoms with Crippen molar-refractivity contribution in [1.29, 1.82) is 0 Å². The normalized spacial score (nSPS) is 29.4. The predicted molar refractivity (Wildman–Crippen MR) is 120 cm³/mol. The molecule has 4 aliphatic carbocycles. The lowest BCUT2D eigenvalue weighted by Crippen LogP contribution is -2.48. The van der Waals surface area contributed by atoms with Gasteiger partial charge in [-0.2, -0.15) is 0 Å². The summed E-state index contributed by atoms with van der Waals surface area (Å²) in [6, 6.07) is 12.8. The minimum absolute atomic E-state index is 0.434. The van der Waals surface area contributed by atoms with Gasteiger partial charge in [-0.15, -0.1) is 0 Å². The Morgan fingerprint density at radius 3 is 1.90 bits per heavy atom. The zero-order valence-corrected chi connectivity index (χ0v) is 18.2. The molecule has 0 N–H and O–H groups in total. The van der Waals surface area contributed by atoms with Crippen molar-refractivity contribution in [3.63, 3.8) is 0 Å². The Morgan fingerprint density at radius 2 is 1.37 bits per heavy atom. The zero-order valence-electron chi connectivity index (χ0n) is 18.2. The molecule has 4 bridgehead atoms. The summed E-state index contributed by atoms with van der Waals surface area (Å²) < 4.78 is 16.4. The van der Waals surface area contributed by atoms with Gasteiger partial charge in [-0.3, -0.25) is 4.99 Å². The SMILES string of the molecule is COc1ccc(C=Nc2ccc(C34CC5CC(CC(C5)C3)C4)cc2)c(OC)c1OC. The average molecular weight is 406 g/mol. The van der Waals surface area contributed by atoms with Crippen molar-refractivity contribution in [2.45, 2.75) is 43.9 Å². The second-order valence-electron chi connectivity index (χ2n) is 9.43. The number of rotatable bonds is 6. The molecule has 4 saturated carbocycles. The largest absolute Gasteiger partial charge is 0.493 e. The van der Waals surface area contributed by atoms with Crippen LogP contribution in [0, 0.1) is 17.8 Å². The highest BCUT2D eigenvalue weighted by molar-refractivity contribution is 5.87. The van der Waals surface area contributed by atoms with Crippen LogP contribution < -0.4 is 14.2 Å². The van der Waals surface area contributed by atoms with Crippen LogP contribution in [-0.4, -0.2) is 27.5 Å². The van der Waals surface area contributed by atoms with E-state index in [1.807, 2.05) is 18.3 Å². The third-order valence-corrected chi connectivity index (χ3v) is 7.61. The van der Waals surface area contributed by atoms with Gasteiger partial charge in [0.05, 0.1) is 27.0 Å². The van der Waals surface area contributed by atoms with E-state index in [0.717, 1.165) is 29.0 Å². The molecule has 4 aliphatic rings. The summed E-state index contributed by atoms with van der Waals surface area (Å²) in [4.78, 5) is 4.70. The van der Waals surface area contributed by atoms with Crippen LogP contribution in [0.2, 0.25) is 0 Å². The van der Waals surface area contributed by atoms with E-state index in [-0.39, 0.29) is 0 Å². The van der Waals surface area contributed by atoms with Crippen molar-refractivity contribution < 1.29 is 14.2 Å². The van der Waals surface area contributed by atoms with Crippen molar-refractivity contribution >= 4 is 11.9 Å². The minimum atomic E-state index is 0.434. The lowest BCUT2D eigenvalue weighted by Gasteiger charge is -2.57. The molecule has 0 spiro atoms. The van der Waals surface area contributed by atoms with Crippen LogP contribution in [0.3, 0.4) is 0 Å². The molecular weight excluding hydrogens is 374 g/mol. The van der Waals surface area contributed by atoms with Gasteiger partial charge in [0.1, 0.15) is 0 Å². The monoisotopic (exact) mass is 405 g/mol. The molecule has 0 unspecified atom stereocenters. The fourth-order valence-corrected chi connectivity index (χ4v) is 6.74. The molecule has 0 radical (unpaired) electrons. The highest BCUT2D eigenvalue weighted by Crippen LogP contribution is 2.60. The summed E-state index contributed by atoms with van der Waals surface area (Å²) in [5.41, 5.74) is 3.79. The minimum Gasteiger partial charge on any atom is -0.493 e. The molecule has 2 aromatic rings. The number of nitrogens with zero attached hydrogens (tertiary/aromatic N) is 1. The second kappa shape index (κ2) is 7.64. The Labute approximate surface area is 179 Å². The Balaban J connectivity index is 1.38. The summed E-state index contributed by atoms with van der Waals surface area (Å²) in [6.45, 7) is 0. The highest BCUT2D eigenvalue weighted by Gasteiger charge is 2.51. The maximum absolute atomic E-state index is 5.56. The number of ether oxygens (including phenoxy) is 3. The molecule has 0 aliphatic heterocycles. The Morgan fingerprint density at radius 1 is 0.767 bits per heavy atom. The van der Waals surface area contributed by atoms with Crippen LogP contribution in [0.4, 0.5) is 5.69 Å². The second-order valence-corrected chi connectivity index (χ2v) is 9.43. The number of benzene rings is 2. The van der Waals surface area contributed by atoms with E-state index in [1.165, 1.54) is 44.1 Å². The zero-order chi connectivity index (χ0) is 20.7. The number of hydrogen-bond donors (Lipinski definition) is 0. The van der Waals surface area contributed by atoms with Crippen molar-refractivity contribution in [3.8, 4) is 17.2 Å². The lowest BCUT2D eigenvalue weighted by molar-refractivity contribution is -0.00518. The Hall–Kier alpha value is -2.49. The number of hydrogen-bond acceptors (Lipinski definition) is 4. The van der Waals surface area contributed by atoms with Crippen molar-refractivity contribution in [3.05, 3.63) is 47.5 Å². The third kappa shape index (κ3) is 3.27. The number of methoxy groups -OCH3 is 3. The Kier molecular flexibility index (Phi) is 4.96. The summed E-state index contributed by atoms with van der Waals surface area (Å²) in [7, 11) is 4.87. The third-order valence-electron chi connectivity index (χ3n) is 7.61. The summed E-state index contributed by atoms with van der Waals surface area (Å²) in [5.74, 6) is 4.75. The first-order valence-corrected chi connectivity index (χ1v) is 11.1. The highest BCUT2D eigenvalue weighted by atomic mass is 16.5. The molecule has 0 atom stereocenters. The van der Waals surface area contributed by atoms with Gasteiger partial charge in [0.25, 0.3) is 0 Å². The van der Waals surface area contributed by atoms with Gasteiger partial charge in [0.15, 0.2) is 11.5 Å². The maximum atomic E-state index is 5.56. The van der Waals surface area contributed by atoms with E-state index in [1.54, 1.807) is 21.3 Å². The van der Waals surface area contributed by atoms with Gasteiger partial charge >= 0.3 is 0 Å². The molecule has 4 nitrogen and oxygen atoms in total. The predicted octanol–water partition coefficient (Wildman–Crippen LogP) is 5.93. The van der Waals surface area contributed by atoms with Crippen molar-refractivity contribution in [1.82, 2.24) is 0 Å². The van der Waals surface area contributed by atoms with Crippen LogP contribution >= 0.6 is 0 Å². The van der Waals surface area contributed by atoms with Crippen LogP contribution in [0.25, 0.3) is 0 Å². The fraction of sp³-hybridized carbons (Fsp3) is 0.500. The molecule has 4 fully saturated rings. The first kappa shape index (κ1) is 19.5. The fourth-order valence-electron chi connectivity index (χ4n) is 6.74. The van der Waals surface area contributed by atoms with Crippen LogP contribution in [-0.2, 0) is 5.41 Å². The van der Waals surface area contributed by atoms with Crippen LogP contribution in [0.1, 0.15) is 49.7 Å². The summed E-state index contributed by atoms with van der Waals surface area (Å²) in [6.07, 6.45) is 10.5. The topological polar surface area (TPSA) is 40.0 Å². The molecule has 2 aromatic carbocycles.